The van der Waals surface area contributed by atoms with Crippen LogP contribution >= 0.6 is 0 Å². The molecule has 4 N–H and O–H groups in total. The molecule has 0 aliphatic carbocycles. The summed E-state index contributed by atoms with van der Waals surface area (Å²) in [6.45, 7) is 12.4. The minimum atomic E-state index is -0.240. The van der Waals surface area contributed by atoms with E-state index in [4.69, 9.17) is 5.73 Å². The van der Waals surface area contributed by atoms with E-state index >= 15 is 0 Å². The Bertz CT molecular complexity index is 327. The summed E-state index contributed by atoms with van der Waals surface area (Å²) in [5, 5.41) is 5.59. The second-order valence-corrected chi connectivity index (χ2v) is 7.63. The molecule has 118 valence electrons. The lowest BCUT2D eigenvalue weighted by molar-refractivity contribution is -0.123. The van der Waals surface area contributed by atoms with Crippen molar-refractivity contribution in [2.24, 2.45) is 11.1 Å². The summed E-state index contributed by atoms with van der Waals surface area (Å²) >= 11 is 0. The molecule has 0 aromatic heterocycles. The van der Waals surface area contributed by atoms with Crippen LogP contribution < -0.4 is 16.4 Å². The zero-order chi connectivity index (χ0) is 16.0. The Morgan fingerprint density at radius 3 is 2.05 bits per heavy atom. The smallest absolute Gasteiger partial charge is 0.222 e. The van der Waals surface area contributed by atoms with Gasteiger partial charge >= 0.3 is 0 Å². The van der Waals surface area contributed by atoms with Crippen molar-refractivity contribution in [3.63, 3.8) is 0 Å². The summed E-state index contributed by atoms with van der Waals surface area (Å²) in [6.07, 6.45) is 1.39. The molecule has 1 atom stereocenters. The van der Waals surface area contributed by atoms with E-state index in [0.717, 1.165) is 6.42 Å². The van der Waals surface area contributed by atoms with Crippen LogP contribution in [-0.4, -0.2) is 29.9 Å². The topological polar surface area (TPSA) is 84.2 Å². The molecule has 0 radical (unpaired) electrons. The van der Waals surface area contributed by atoms with Crippen molar-refractivity contribution in [3.8, 4) is 0 Å². The van der Waals surface area contributed by atoms with Crippen molar-refractivity contribution < 1.29 is 9.59 Å². The van der Waals surface area contributed by atoms with E-state index in [1.165, 1.54) is 0 Å². The van der Waals surface area contributed by atoms with Gasteiger partial charge in [-0.15, -0.1) is 0 Å². The predicted octanol–water partition coefficient (Wildman–Crippen LogP) is 1.56. The molecule has 1 unspecified atom stereocenters. The van der Waals surface area contributed by atoms with Crippen molar-refractivity contribution in [1.82, 2.24) is 10.6 Å². The van der Waals surface area contributed by atoms with E-state index in [0.29, 0.717) is 13.0 Å². The molecule has 0 saturated carbocycles. The van der Waals surface area contributed by atoms with Gasteiger partial charge in [0, 0.05) is 31.0 Å². The molecule has 5 heteroatoms. The van der Waals surface area contributed by atoms with Crippen LogP contribution in [0.3, 0.4) is 0 Å². The largest absolute Gasteiger partial charge is 0.356 e. The van der Waals surface area contributed by atoms with Crippen molar-refractivity contribution in [2.75, 3.05) is 6.54 Å². The van der Waals surface area contributed by atoms with Crippen LogP contribution in [0, 0.1) is 5.41 Å². The minimum Gasteiger partial charge on any atom is -0.356 e. The van der Waals surface area contributed by atoms with Gasteiger partial charge in [-0.2, -0.15) is 0 Å². The van der Waals surface area contributed by atoms with Gasteiger partial charge in [0.2, 0.25) is 11.8 Å². The summed E-state index contributed by atoms with van der Waals surface area (Å²) in [5.41, 5.74) is 5.81. The molecule has 0 aliphatic rings. The lowest BCUT2D eigenvalue weighted by Gasteiger charge is -2.23. The molecule has 20 heavy (non-hydrogen) atoms. The monoisotopic (exact) mass is 285 g/mol. The number of amides is 2. The summed E-state index contributed by atoms with van der Waals surface area (Å²) in [5.74, 6) is -0.151. The van der Waals surface area contributed by atoms with E-state index in [1.54, 1.807) is 0 Å². The SMILES string of the molecule is CC(C)(C)CC(N)CC(=O)NCCC(=O)NC(C)(C)C. The average molecular weight is 285 g/mol. The molecule has 0 fully saturated rings. The van der Waals surface area contributed by atoms with Gasteiger partial charge in [0.05, 0.1) is 0 Å². The molecule has 0 aromatic carbocycles. The van der Waals surface area contributed by atoms with E-state index in [9.17, 15) is 9.59 Å². The van der Waals surface area contributed by atoms with E-state index < -0.39 is 0 Å². The maximum absolute atomic E-state index is 11.7. The highest BCUT2D eigenvalue weighted by molar-refractivity contribution is 5.79. The molecule has 0 saturated heterocycles. The molecule has 0 heterocycles. The lowest BCUT2D eigenvalue weighted by Crippen LogP contribution is -2.42. The van der Waals surface area contributed by atoms with Gasteiger partial charge in [0.15, 0.2) is 0 Å². The average Bonchev–Trinajstić information content (AvgIpc) is 2.10. The third kappa shape index (κ3) is 12.0. The Morgan fingerprint density at radius 1 is 1.05 bits per heavy atom. The van der Waals surface area contributed by atoms with Crippen molar-refractivity contribution in [1.29, 1.82) is 0 Å². The summed E-state index contributed by atoms with van der Waals surface area (Å²) < 4.78 is 0. The number of carbonyl (C=O) groups excluding carboxylic acids is 2. The third-order valence-electron chi connectivity index (χ3n) is 2.51. The summed E-state index contributed by atoms with van der Waals surface area (Å²) in [6, 6.07) is -0.140. The van der Waals surface area contributed by atoms with Crippen LogP contribution in [0.25, 0.3) is 0 Å². The van der Waals surface area contributed by atoms with Gasteiger partial charge in [0.25, 0.3) is 0 Å². The third-order valence-corrected chi connectivity index (χ3v) is 2.51. The highest BCUT2D eigenvalue weighted by Crippen LogP contribution is 2.20. The van der Waals surface area contributed by atoms with Crippen molar-refractivity contribution >= 4 is 11.8 Å². The van der Waals surface area contributed by atoms with Crippen molar-refractivity contribution in [2.45, 2.75) is 72.4 Å². The van der Waals surface area contributed by atoms with Crippen LogP contribution in [0.4, 0.5) is 0 Å². The van der Waals surface area contributed by atoms with Gasteiger partial charge in [-0.05, 0) is 32.6 Å². The standard InChI is InChI=1S/C15H31N3O2/c1-14(2,3)10-11(16)9-13(20)17-8-7-12(19)18-15(4,5)6/h11H,7-10,16H2,1-6H3,(H,17,20)(H,18,19). The highest BCUT2D eigenvalue weighted by Gasteiger charge is 2.18. The molecular weight excluding hydrogens is 254 g/mol. The van der Waals surface area contributed by atoms with Crippen LogP contribution in [-0.2, 0) is 9.59 Å². The molecule has 5 nitrogen and oxygen atoms in total. The van der Waals surface area contributed by atoms with Gasteiger partial charge in [0.1, 0.15) is 0 Å². The van der Waals surface area contributed by atoms with Gasteiger partial charge < -0.3 is 16.4 Å². The lowest BCUT2D eigenvalue weighted by atomic mass is 9.87. The second-order valence-electron chi connectivity index (χ2n) is 7.63. The minimum absolute atomic E-state index is 0.0585. The normalized spacial score (nSPS) is 13.8. The Hall–Kier alpha value is -1.10. The van der Waals surface area contributed by atoms with Crippen LogP contribution in [0.15, 0.2) is 0 Å². The first kappa shape index (κ1) is 18.9. The maximum Gasteiger partial charge on any atom is 0.222 e. The second kappa shape index (κ2) is 7.62. The number of nitrogens with two attached hydrogens (primary N) is 1. The molecule has 0 aromatic rings. The Labute approximate surface area is 123 Å². The van der Waals surface area contributed by atoms with Crippen molar-refractivity contribution in [3.05, 3.63) is 0 Å². The first-order chi connectivity index (χ1) is 8.89. The zero-order valence-electron chi connectivity index (χ0n) is 13.8. The molecule has 0 spiro atoms. The van der Waals surface area contributed by atoms with Gasteiger partial charge in [-0.1, -0.05) is 20.8 Å². The van der Waals surface area contributed by atoms with Gasteiger partial charge in [-0.25, -0.2) is 0 Å². The fourth-order valence-corrected chi connectivity index (χ4v) is 1.97. The van der Waals surface area contributed by atoms with E-state index in [-0.39, 0.29) is 35.2 Å². The number of hydrogen-bond acceptors (Lipinski definition) is 3. The Morgan fingerprint density at radius 2 is 1.60 bits per heavy atom. The highest BCUT2D eigenvalue weighted by atomic mass is 16.2. The number of rotatable bonds is 6. The first-order valence-electron chi connectivity index (χ1n) is 7.22. The van der Waals surface area contributed by atoms with E-state index in [2.05, 4.69) is 31.4 Å². The molecular formula is C15H31N3O2. The molecule has 2 amide bonds. The van der Waals surface area contributed by atoms with Gasteiger partial charge in [-0.3, -0.25) is 9.59 Å². The number of hydrogen-bond donors (Lipinski definition) is 3. The number of carbonyl (C=O) groups is 2. The summed E-state index contributed by atoms with van der Waals surface area (Å²) in [4.78, 5) is 23.2. The van der Waals surface area contributed by atoms with Crippen LogP contribution in [0.2, 0.25) is 0 Å². The molecule has 0 bridgehead atoms. The Balaban J connectivity index is 3.87. The van der Waals surface area contributed by atoms with E-state index in [1.807, 2.05) is 20.8 Å². The van der Waals surface area contributed by atoms with Crippen LogP contribution in [0.1, 0.15) is 60.8 Å². The molecule has 0 aliphatic heterocycles. The maximum atomic E-state index is 11.7. The van der Waals surface area contributed by atoms with Crippen LogP contribution in [0.5, 0.6) is 0 Å². The predicted molar refractivity (Wildman–Crippen MR) is 82.2 cm³/mol. The first-order valence-corrected chi connectivity index (χ1v) is 7.22. The quantitative estimate of drug-likeness (QED) is 0.692. The number of nitrogens with one attached hydrogen (secondary N) is 2. The Kier molecular flexibility index (Phi) is 7.20. The molecule has 0 rings (SSSR count). The zero-order valence-corrected chi connectivity index (χ0v) is 13.8. The summed E-state index contributed by atoms with van der Waals surface area (Å²) in [7, 11) is 0. The fraction of sp³-hybridized carbons (Fsp3) is 0.867. The fourth-order valence-electron chi connectivity index (χ4n) is 1.97.